The molecule has 7 nitrogen and oxygen atoms in total. The minimum atomic E-state index is -0.822. The van der Waals surface area contributed by atoms with Crippen LogP contribution in [0.1, 0.15) is 89.2 Å². The summed E-state index contributed by atoms with van der Waals surface area (Å²) in [6.45, 7) is 5.64. The maximum atomic E-state index is 12.8. The van der Waals surface area contributed by atoms with Crippen molar-refractivity contribution in [2.45, 2.75) is 95.3 Å². The van der Waals surface area contributed by atoms with Gasteiger partial charge in [-0.1, -0.05) is 31.7 Å². The molecule has 196 valence electrons. The maximum Gasteiger partial charge on any atom is 0.220 e. The third-order valence-corrected chi connectivity index (χ3v) is 8.11. The second kappa shape index (κ2) is 12.4. The Morgan fingerprint density at radius 1 is 1.09 bits per heavy atom. The maximum absolute atomic E-state index is 12.8. The Morgan fingerprint density at radius 2 is 1.80 bits per heavy atom. The van der Waals surface area contributed by atoms with Crippen LogP contribution in [-0.2, 0) is 4.79 Å². The molecule has 1 aromatic rings. The Balaban J connectivity index is 1.27. The first kappa shape index (κ1) is 26.2. The Kier molecular flexibility index (Phi) is 9.31. The number of benzene rings is 1. The molecule has 1 unspecified atom stereocenters. The van der Waals surface area contributed by atoms with Crippen molar-refractivity contribution < 1.29 is 24.5 Å². The summed E-state index contributed by atoms with van der Waals surface area (Å²) >= 11 is 0. The first-order valence-electron chi connectivity index (χ1n) is 13.7. The lowest BCUT2D eigenvalue weighted by Gasteiger charge is -2.30. The molecular formula is C28H44N2O5. The number of aliphatic hydroxyl groups excluding tert-OH is 1. The van der Waals surface area contributed by atoms with E-state index in [1.165, 1.54) is 12.8 Å². The van der Waals surface area contributed by atoms with E-state index in [-0.39, 0.29) is 11.9 Å². The van der Waals surface area contributed by atoms with Gasteiger partial charge >= 0.3 is 0 Å². The molecule has 35 heavy (non-hydrogen) atoms. The minimum Gasteiger partial charge on any atom is -0.486 e. The van der Waals surface area contributed by atoms with E-state index in [1.54, 1.807) is 0 Å². The number of rotatable bonds is 12. The normalized spacial score (nSPS) is 22.0. The number of carbonyl (C=O) groups is 1. The van der Waals surface area contributed by atoms with Crippen molar-refractivity contribution in [3.63, 3.8) is 0 Å². The fourth-order valence-corrected chi connectivity index (χ4v) is 5.92. The summed E-state index contributed by atoms with van der Waals surface area (Å²) in [6.07, 6.45) is 10.1. The SMILES string of the molecule is CC(O)(CCCCCC(=O)N[C@H](CN1CCCC1)[C@@H](O)c1ccc2c(c1)OCCO2)C1CCCC1. The predicted octanol–water partition coefficient (Wildman–Crippen LogP) is 3.96. The molecule has 0 bridgehead atoms. The molecule has 3 atom stereocenters. The minimum absolute atomic E-state index is 0.0201. The number of ether oxygens (including phenoxy) is 2. The van der Waals surface area contributed by atoms with Crippen LogP contribution in [0.15, 0.2) is 18.2 Å². The lowest BCUT2D eigenvalue weighted by atomic mass is 9.83. The van der Waals surface area contributed by atoms with Crippen LogP contribution in [0, 0.1) is 5.92 Å². The number of fused-ring (bicyclic) bond motifs is 1. The monoisotopic (exact) mass is 488 g/mol. The number of amides is 1. The first-order chi connectivity index (χ1) is 16.9. The van der Waals surface area contributed by atoms with Crippen molar-refractivity contribution in [3.8, 4) is 11.5 Å². The molecule has 2 fully saturated rings. The van der Waals surface area contributed by atoms with Crippen molar-refractivity contribution in [1.82, 2.24) is 10.2 Å². The van der Waals surface area contributed by atoms with Gasteiger partial charge in [-0.2, -0.15) is 0 Å². The highest BCUT2D eigenvalue weighted by Gasteiger charge is 2.33. The molecular weight excluding hydrogens is 444 g/mol. The molecule has 7 heteroatoms. The van der Waals surface area contributed by atoms with Crippen LogP contribution < -0.4 is 14.8 Å². The highest BCUT2D eigenvalue weighted by Crippen LogP contribution is 2.37. The molecule has 1 amide bonds. The predicted molar refractivity (Wildman–Crippen MR) is 136 cm³/mol. The van der Waals surface area contributed by atoms with Crippen LogP contribution in [0.2, 0.25) is 0 Å². The molecule has 1 saturated heterocycles. The van der Waals surface area contributed by atoms with Gasteiger partial charge in [0.1, 0.15) is 19.3 Å². The van der Waals surface area contributed by atoms with Crippen LogP contribution in [-0.4, -0.2) is 65.5 Å². The van der Waals surface area contributed by atoms with Crippen molar-refractivity contribution in [2.75, 3.05) is 32.8 Å². The van der Waals surface area contributed by atoms with Crippen molar-refractivity contribution in [3.05, 3.63) is 23.8 Å². The molecule has 2 aliphatic heterocycles. The zero-order valence-corrected chi connectivity index (χ0v) is 21.3. The summed E-state index contributed by atoms with van der Waals surface area (Å²) in [4.78, 5) is 15.1. The molecule has 2 heterocycles. The van der Waals surface area contributed by atoms with Crippen LogP contribution in [0.4, 0.5) is 0 Å². The third kappa shape index (κ3) is 7.34. The Bertz CT molecular complexity index is 818. The van der Waals surface area contributed by atoms with E-state index in [1.807, 2.05) is 25.1 Å². The van der Waals surface area contributed by atoms with Gasteiger partial charge in [0.15, 0.2) is 11.5 Å². The van der Waals surface area contributed by atoms with Gasteiger partial charge in [0, 0.05) is 13.0 Å². The Hall–Kier alpha value is -1.83. The molecule has 0 radical (unpaired) electrons. The molecule has 3 N–H and O–H groups in total. The number of hydrogen-bond acceptors (Lipinski definition) is 6. The van der Waals surface area contributed by atoms with E-state index in [9.17, 15) is 15.0 Å². The summed E-state index contributed by atoms with van der Waals surface area (Å²) < 4.78 is 11.3. The Labute approximate surface area is 210 Å². The zero-order valence-electron chi connectivity index (χ0n) is 21.3. The van der Waals surface area contributed by atoms with Crippen LogP contribution >= 0.6 is 0 Å². The molecule has 4 rings (SSSR count). The topological polar surface area (TPSA) is 91.3 Å². The van der Waals surface area contributed by atoms with E-state index >= 15 is 0 Å². The molecule has 1 aromatic carbocycles. The van der Waals surface area contributed by atoms with E-state index in [4.69, 9.17) is 9.47 Å². The van der Waals surface area contributed by atoms with Gasteiger partial charge in [-0.25, -0.2) is 0 Å². The smallest absolute Gasteiger partial charge is 0.220 e. The lowest BCUT2D eigenvalue weighted by molar-refractivity contribution is -0.123. The summed E-state index contributed by atoms with van der Waals surface area (Å²) in [7, 11) is 0. The number of carbonyl (C=O) groups excluding carboxylic acids is 1. The van der Waals surface area contributed by atoms with Crippen molar-refractivity contribution in [2.24, 2.45) is 5.92 Å². The average Bonchev–Trinajstić information content (AvgIpc) is 3.58. The average molecular weight is 489 g/mol. The highest BCUT2D eigenvalue weighted by atomic mass is 16.6. The first-order valence-corrected chi connectivity index (χ1v) is 13.7. The number of nitrogens with one attached hydrogen (secondary N) is 1. The van der Waals surface area contributed by atoms with Crippen molar-refractivity contribution >= 4 is 5.91 Å². The summed E-state index contributed by atoms with van der Waals surface area (Å²) in [5.74, 6) is 1.75. The third-order valence-electron chi connectivity index (χ3n) is 8.11. The van der Waals surface area contributed by atoms with Crippen molar-refractivity contribution in [1.29, 1.82) is 0 Å². The number of hydrogen-bond donors (Lipinski definition) is 3. The standard InChI is InChI=1S/C28H44N2O5/c1-28(33,22-9-4-5-10-22)14-6-2-3-11-26(31)29-23(20-30-15-7-8-16-30)27(32)21-12-13-24-25(19-21)35-18-17-34-24/h12-13,19,22-23,27,32-33H,2-11,14-18,20H2,1H3,(H,29,31)/t23-,27+,28?/m1/s1. The van der Waals surface area contributed by atoms with E-state index in [0.29, 0.717) is 43.6 Å². The van der Waals surface area contributed by atoms with Gasteiger partial charge in [-0.05, 0) is 82.2 Å². The summed E-state index contributed by atoms with van der Waals surface area (Å²) in [6, 6.07) is 5.14. The van der Waals surface area contributed by atoms with Gasteiger partial charge in [-0.15, -0.1) is 0 Å². The van der Waals surface area contributed by atoms with E-state index in [0.717, 1.165) is 70.0 Å². The summed E-state index contributed by atoms with van der Waals surface area (Å²) in [5.41, 5.74) is 0.153. The molecule has 1 aliphatic carbocycles. The molecule has 0 aromatic heterocycles. The van der Waals surface area contributed by atoms with Gasteiger partial charge in [0.2, 0.25) is 5.91 Å². The van der Waals surface area contributed by atoms with E-state index < -0.39 is 11.7 Å². The number of unbranched alkanes of at least 4 members (excludes halogenated alkanes) is 2. The second-order valence-corrected chi connectivity index (χ2v) is 10.9. The molecule has 0 spiro atoms. The quantitative estimate of drug-likeness (QED) is 0.386. The number of aliphatic hydroxyl groups is 2. The number of likely N-dealkylation sites (tertiary alicyclic amines) is 1. The largest absolute Gasteiger partial charge is 0.486 e. The molecule has 1 saturated carbocycles. The van der Waals surface area contributed by atoms with Gasteiger partial charge in [-0.3, -0.25) is 4.79 Å². The van der Waals surface area contributed by atoms with Crippen LogP contribution in [0.25, 0.3) is 0 Å². The van der Waals surface area contributed by atoms with Gasteiger partial charge in [0.25, 0.3) is 0 Å². The lowest BCUT2D eigenvalue weighted by Crippen LogP contribution is -2.46. The van der Waals surface area contributed by atoms with Crippen LogP contribution in [0.3, 0.4) is 0 Å². The van der Waals surface area contributed by atoms with Gasteiger partial charge < -0.3 is 29.9 Å². The molecule has 3 aliphatic rings. The fraction of sp³-hybridized carbons (Fsp3) is 0.750. The Morgan fingerprint density at radius 3 is 2.54 bits per heavy atom. The van der Waals surface area contributed by atoms with Crippen LogP contribution in [0.5, 0.6) is 11.5 Å². The number of nitrogens with zero attached hydrogens (tertiary/aromatic N) is 1. The zero-order chi connectivity index (χ0) is 24.7. The van der Waals surface area contributed by atoms with Gasteiger partial charge in [0.05, 0.1) is 11.6 Å². The van der Waals surface area contributed by atoms with E-state index in [2.05, 4.69) is 10.2 Å². The summed E-state index contributed by atoms with van der Waals surface area (Å²) in [5, 5.41) is 25.1. The second-order valence-electron chi connectivity index (χ2n) is 10.9. The fourth-order valence-electron chi connectivity index (χ4n) is 5.92. The highest BCUT2D eigenvalue weighted by molar-refractivity contribution is 5.76.